The highest BCUT2D eigenvalue weighted by molar-refractivity contribution is 7.84. The first-order valence-electron chi connectivity index (χ1n) is 5.94. The molecule has 3 nitrogen and oxygen atoms in total. The Labute approximate surface area is 110 Å². The monoisotopic (exact) mass is 262 g/mol. The molecule has 1 aromatic carbocycles. The molecule has 0 bridgehead atoms. The Hall–Kier alpha value is -1.42. The Bertz CT molecular complexity index is 524. The van der Waals surface area contributed by atoms with Crippen molar-refractivity contribution in [3.8, 4) is 0 Å². The molecule has 1 aromatic heterocycles. The quantitative estimate of drug-likeness (QED) is 0.924. The molecule has 18 heavy (non-hydrogen) atoms. The molecule has 0 saturated heterocycles. The molecular formula is C14H18N2OS. The average molecular weight is 262 g/mol. The number of hydrogen-bond acceptors (Lipinski definition) is 2. The van der Waals surface area contributed by atoms with Gasteiger partial charge in [-0.1, -0.05) is 45.0 Å². The first-order valence-corrected chi connectivity index (χ1v) is 7.26. The second-order valence-electron chi connectivity index (χ2n) is 5.33. The molecule has 0 fully saturated rings. The summed E-state index contributed by atoms with van der Waals surface area (Å²) >= 11 is 0. The van der Waals surface area contributed by atoms with E-state index >= 15 is 0 Å². The van der Waals surface area contributed by atoms with Crippen molar-refractivity contribution in [3.63, 3.8) is 0 Å². The van der Waals surface area contributed by atoms with E-state index in [1.54, 1.807) is 12.4 Å². The third kappa shape index (κ3) is 3.07. The number of nitrogens with zero attached hydrogens (tertiary/aromatic N) is 1. The smallest absolute Gasteiger partial charge is 0.196 e. The summed E-state index contributed by atoms with van der Waals surface area (Å²) in [5.74, 6) is 0.498. The van der Waals surface area contributed by atoms with E-state index < -0.39 is 10.8 Å². The van der Waals surface area contributed by atoms with Crippen LogP contribution in [0, 0.1) is 0 Å². The molecule has 1 unspecified atom stereocenters. The van der Waals surface area contributed by atoms with Gasteiger partial charge in [-0.15, -0.1) is 0 Å². The van der Waals surface area contributed by atoms with Gasteiger partial charge in [-0.25, -0.2) is 4.98 Å². The number of imidazole rings is 1. The van der Waals surface area contributed by atoms with Gasteiger partial charge in [0.05, 0.1) is 16.6 Å². The van der Waals surface area contributed by atoms with E-state index in [1.165, 1.54) is 5.56 Å². The summed E-state index contributed by atoms with van der Waals surface area (Å²) in [6.45, 7) is 6.55. The fraction of sp³-hybridized carbons (Fsp3) is 0.357. The Morgan fingerprint density at radius 1 is 1.22 bits per heavy atom. The summed E-state index contributed by atoms with van der Waals surface area (Å²) in [4.78, 5) is 6.89. The molecule has 1 N–H and O–H groups in total. The van der Waals surface area contributed by atoms with Gasteiger partial charge in [0.25, 0.3) is 0 Å². The van der Waals surface area contributed by atoms with Gasteiger partial charge in [0, 0.05) is 12.4 Å². The van der Waals surface area contributed by atoms with Crippen molar-refractivity contribution in [1.82, 2.24) is 9.97 Å². The van der Waals surface area contributed by atoms with Gasteiger partial charge in [-0.3, -0.25) is 4.21 Å². The highest BCUT2D eigenvalue weighted by Crippen LogP contribution is 2.22. The van der Waals surface area contributed by atoms with Crippen LogP contribution in [0.3, 0.4) is 0 Å². The second kappa shape index (κ2) is 5.06. The Kier molecular flexibility index (Phi) is 3.66. The van der Waals surface area contributed by atoms with E-state index in [2.05, 4.69) is 42.9 Å². The Balaban J connectivity index is 2.09. The standard InChI is InChI=1S/C14H18N2OS/c1-14(2,3)12-6-4-11(5-7-12)10-18(17)13-15-8-9-16-13/h4-9H,10H2,1-3H3,(H,15,16). The van der Waals surface area contributed by atoms with Crippen LogP contribution >= 0.6 is 0 Å². The number of rotatable bonds is 3. The molecule has 1 heterocycles. The van der Waals surface area contributed by atoms with Crippen molar-refractivity contribution >= 4 is 10.8 Å². The van der Waals surface area contributed by atoms with Gasteiger partial charge >= 0.3 is 0 Å². The Morgan fingerprint density at radius 3 is 2.39 bits per heavy atom. The lowest BCUT2D eigenvalue weighted by molar-refractivity contribution is 0.590. The zero-order valence-corrected chi connectivity index (χ0v) is 11.8. The van der Waals surface area contributed by atoms with E-state index in [-0.39, 0.29) is 5.41 Å². The van der Waals surface area contributed by atoms with Crippen molar-refractivity contribution in [2.24, 2.45) is 0 Å². The molecule has 0 spiro atoms. The average Bonchev–Trinajstić information content (AvgIpc) is 2.82. The first kappa shape index (κ1) is 13.0. The van der Waals surface area contributed by atoms with Crippen LogP contribution in [0.1, 0.15) is 31.9 Å². The van der Waals surface area contributed by atoms with Gasteiger partial charge in [0.2, 0.25) is 0 Å². The SMILES string of the molecule is CC(C)(C)c1ccc(CS(=O)c2ncc[nH]2)cc1. The predicted molar refractivity (Wildman–Crippen MR) is 73.8 cm³/mol. The van der Waals surface area contributed by atoms with Gasteiger partial charge in [0.1, 0.15) is 0 Å². The summed E-state index contributed by atoms with van der Waals surface area (Å²) in [7, 11) is -1.10. The van der Waals surface area contributed by atoms with Gasteiger partial charge < -0.3 is 4.98 Å². The molecule has 4 heteroatoms. The predicted octanol–water partition coefficient (Wildman–Crippen LogP) is 3.02. The van der Waals surface area contributed by atoms with E-state index in [4.69, 9.17) is 0 Å². The van der Waals surface area contributed by atoms with Crippen LogP contribution in [-0.2, 0) is 22.0 Å². The number of benzene rings is 1. The molecule has 1 atom stereocenters. The van der Waals surface area contributed by atoms with Crippen LogP contribution in [0.15, 0.2) is 41.8 Å². The van der Waals surface area contributed by atoms with Crippen LogP contribution in [0.5, 0.6) is 0 Å². The van der Waals surface area contributed by atoms with E-state index in [1.807, 2.05) is 12.1 Å². The maximum absolute atomic E-state index is 12.0. The van der Waals surface area contributed by atoms with Crippen LogP contribution in [0.4, 0.5) is 0 Å². The minimum atomic E-state index is -1.10. The van der Waals surface area contributed by atoms with Crippen molar-refractivity contribution < 1.29 is 4.21 Å². The zero-order chi connectivity index (χ0) is 13.2. The van der Waals surface area contributed by atoms with E-state index in [0.717, 1.165) is 5.56 Å². The highest BCUT2D eigenvalue weighted by Gasteiger charge is 2.13. The number of H-pyrrole nitrogens is 1. The summed E-state index contributed by atoms with van der Waals surface area (Å²) in [6.07, 6.45) is 3.31. The normalized spacial score (nSPS) is 13.5. The lowest BCUT2D eigenvalue weighted by Gasteiger charge is -2.19. The van der Waals surface area contributed by atoms with Gasteiger partial charge in [0.15, 0.2) is 5.16 Å². The largest absolute Gasteiger partial charge is 0.338 e. The molecular weight excluding hydrogens is 244 g/mol. The first-order chi connectivity index (χ1) is 8.47. The number of aromatic amines is 1. The van der Waals surface area contributed by atoms with Crippen LogP contribution in [-0.4, -0.2) is 14.2 Å². The molecule has 0 aliphatic carbocycles. The lowest BCUT2D eigenvalue weighted by Crippen LogP contribution is -2.10. The molecule has 0 radical (unpaired) electrons. The Morgan fingerprint density at radius 2 is 1.89 bits per heavy atom. The summed E-state index contributed by atoms with van der Waals surface area (Å²) in [5.41, 5.74) is 2.51. The van der Waals surface area contributed by atoms with Gasteiger partial charge in [-0.05, 0) is 16.5 Å². The van der Waals surface area contributed by atoms with Crippen molar-refractivity contribution in [2.45, 2.75) is 37.1 Å². The highest BCUT2D eigenvalue weighted by atomic mass is 32.2. The van der Waals surface area contributed by atoms with Crippen molar-refractivity contribution in [2.75, 3.05) is 0 Å². The third-order valence-corrected chi connectivity index (χ3v) is 4.06. The minimum absolute atomic E-state index is 0.151. The van der Waals surface area contributed by atoms with E-state index in [0.29, 0.717) is 10.9 Å². The fourth-order valence-electron chi connectivity index (χ4n) is 1.70. The minimum Gasteiger partial charge on any atom is -0.338 e. The van der Waals surface area contributed by atoms with Crippen LogP contribution in [0.2, 0.25) is 0 Å². The topological polar surface area (TPSA) is 45.8 Å². The van der Waals surface area contributed by atoms with Crippen molar-refractivity contribution in [3.05, 3.63) is 47.8 Å². The number of hydrogen-bond donors (Lipinski definition) is 1. The van der Waals surface area contributed by atoms with Crippen LogP contribution < -0.4 is 0 Å². The maximum atomic E-state index is 12.0. The van der Waals surface area contributed by atoms with Crippen molar-refractivity contribution in [1.29, 1.82) is 0 Å². The maximum Gasteiger partial charge on any atom is 0.196 e. The second-order valence-corrected chi connectivity index (χ2v) is 6.70. The molecule has 2 rings (SSSR count). The molecule has 0 amide bonds. The molecule has 96 valence electrons. The summed E-state index contributed by atoms with van der Waals surface area (Å²) < 4.78 is 12.0. The lowest BCUT2D eigenvalue weighted by atomic mass is 9.87. The molecule has 0 aliphatic rings. The molecule has 0 aliphatic heterocycles. The fourth-order valence-corrected chi connectivity index (χ4v) is 2.71. The van der Waals surface area contributed by atoms with Gasteiger partial charge in [-0.2, -0.15) is 0 Å². The molecule has 0 saturated carbocycles. The third-order valence-electron chi connectivity index (χ3n) is 2.81. The number of aromatic nitrogens is 2. The van der Waals surface area contributed by atoms with Crippen LogP contribution in [0.25, 0.3) is 0 Å². The molecule has 2 aromatic rings. The summed E-state index contributed by atoms with van der Waals surface area (Å²) in [5, 5.41) is 0.537. The number of nitrogens with one attached hydrogen (secondary N) is 1. The summed E-state index contributed by atoms with van der Waals surface area (Å²) in [6, 6.07) is 8.30. The van der Waals surface area contributed by atoms with E-state index in [9.17, 15) is 4.21 Å². The zero-order valence-electron chi connectivity index (χ0n) is 10.9.